The first-order valence-corrected chi connectivity index (χ1v) is 9.05. The molecule has 7 heteroatoms. The van der Waals surface area contributed by atoms with Gasteiger partial charge in [0, 0.05) is 0 Å². The van der Waals surface area contributed by atoms with E-state index in [4.69, 9.17) is 21.2 Å². The van der Waals surface area contributed by atoms with Crippen LogP contribution < -0.4 is 31.6 Å². The van der Waals surface area contributed by atoms with Crippen LogP contribution in [0.25, 0.3) is 11.1 Å². The van der Waals surface area contributed by atoms with Crippen molar-refractivity contribution in [2.75, 3.05) is 12.1 Å². The first-order valence-electron chi connectivity index (χ1n) is 9.05. The summed E-state index contributed by atoms with van der Waals surface area (Å²) < 4.78 is 11.5. The SMILES string of the molecule is COc1cccc(N(N)C(=O)NN)c1COc1cc(-c2ccccc2)ccc1C. The Morgan fingerprint density at radius 2 is 1.76 bits per heavy atom. The molecule has 2 amide bonds. The molecule has 29 heavy (non-hydrogen) atoms. The molecule has 0 saturated heterocycles. The standard InChI is InChI=1S/C22H24N4O3/c1-15-11-12-17(16-7-4-3-5-8-16)13-21(15)29-14-18-19(26(24)22(27)25-23)9-6-10-20(18)28-2/h3-13H,14,23-24H2,1-2H3,(H,25,27). The van der Waals surface area contributed by atoms with Crippen LogP contribution in [-0.4, -0.2) is 13.1 Å². The van der Waals surface area contributed by atoms with Crippen molar-refractivity contribution in [2.24, 2.45) is 11.7 Å². The van der Waals surface area contributed by atoms with E-state index in [1.165, 1.54) is 0 Å². The molecule has 5 N–H and O–H groups in total. The van der Waals surface area contributed by atoms with Gasteiger partial charge in [-0.2, -0.15) is 0 Å². The summed E-state index contributed by atoms with van der Waals surface area (Å²) >= 11 is 0. The molecule has 0 aliphatic rings. The van der Waals surface area contributed by atoms with E-state index in [-0.39, 0.29) is 6.61 Å². The summed E-state index contributed by atoms with van der Waals surface area (Å²) in [5, 5.41) is 0.925. The Bertz CT molecular complexity index is 993. The van der Waals surface area contributed by atoms with Crippen LogP contribution in [0.15, 0.2) is 66.7 Å². The molecular formula is C22H24N4O3. The number of nitrogens with two attached hydrogens (primary N) is 2. The average molecular weight is 392 g/mol. The lowest BCUT2D eigenvalue weighted by molar-refractivity contribution is 0.246. The molecule has 7 nitrogen and oxygen atoms in total. The van der Waals surface area contributed by atoms with Crippen molar-refractivity contribution in [3.63, 3.8) is 0 Å². The Labute approximate surface area is 169 Å². The van der Waals surface area contributed by atoms with Crippen LogP contribution in [0.4, 0.5) is 10.5 Å². The van der Waals surface area contributed by atoms with Crippen molar-refractivity contribution < 1.29 is 14.3 Å². The number of anilines is 1. The molecule has 0 heterocycles. The molecule has 0 saturated carbocycles. The van der Waals surface area contributed by atoms with Crippen LogP contribution in [0.5, 0.6) is 11.5 Å². The third kappa shape index (κ3) is 4.48. The van der Waals surface area contributed by atoms with Gasteiger partial charge in [-0.3, -0.25) is 5.43 Å². The largest absolute Gasteiger partial charge is 0.496 e. The molecule has 0 spiro atoms. The normalized spacial score (nSPS) is 10.3. The second-order valence-corrected chi connectivity index (χ2v) is 6.41. The smallest absolute Gasteiger partial charge is 0.350 e. The zero-order chi connectivity index (χ0) is 20.8. The summed E-state index contributed by atoms with van der Waals surface area (Å²) in [6, 6.07) is 20.7. The molecule has 0 aromatic heterocycles. The van der Waals surface area contributed by atoms with Crippen LogP contribution >= 0.6 is 0 Å². The molecule has 3 aromatic rings. The molecule has 0 radical (unpaired) electrons. The number of methoxy groups -OCH3 is 1. The second kappa shape index (κ2) is 9.09. The number of benzene rings is 3. The van der Waals surface area contributed by atoms with Crippen molar-refractivity contribution >= 4 is 11.7 Å². The van der Waals surface area contributed by atoms with Crippen LogP contribution in [-0.2, 0) is 6.61 Å². The molecule has 3 rings (SSSR count). The van der Waals surface area contributed by atoms with Crippen LogP contribution in [0.3, 0.4) is 0 Å². The van der Waals surface area contributed by atoms with E-state index in [9.17, 15) is 4.79 Å². The van der Waals surface area contributed by atoms with Gasteiger partial charge in [0.15, 0.2) is 0 Å². The van der Waals surface area contributed by atoms with Gasteiger partial charge in [0.1, 0.15) is 18.1 Å². The topological polar surface area (TPSA) is 103 Å². The lowest BCUT2D eigenvalue weighted by Gasteiger charge is -2.21. The molecule has 0 atom stereocenters. The molecule has 150 valence electrons. The van der Waals surface area contributed by atoms with Crippen LogP contribution in [0.1, 0.15) is 11.1 Å². The summed E-state index contributed by atoms with van der Waals surface area (Å²) in [6.07, 6.45) is 0. The number of carbonyl (C=O) groups is 1. The van der Waals surface area contributed by atoms with Gasteiger partial charge in [-0.15, -0.1) is 0 Å². The molecule has 0 bridgehead atoms. The fourth-order valence-corrected chi connectivity index (χ4v) is 3.01. The van der Waals surface area contributed by atoms with Crippen molar-refractivity contribution in [3.8, 4) is 22.6 Å². The van der Waals surface area contributed by atoms with Gasteiger partial charge in [-0.05, 0) is 41.8 Å². The minimum Gasteiger partial charge on any atom is -0.496 e. The fraction of sp³-hybridized carbons (Fsp3) is 0.136. The van der Waals surface area contributed by atoms with Gasteiger partial charge < -0.3 is 9.47 Å². The lowest BCUT2D eigenvalue weighted by atomic mass is 10.0. The molecule has 0 fully saturated rings. The first-order chi connectivity index (χ1) is 14.0. The maximum absolute atomic E-state index is 11.9. The number of nitrogens with one attached hydrogen (secondary N) is 1. The first kappa shape index (κ1) is 20.2. The van der Waals surface area contributed by atoms with Crippen molar-refractivity contribution in [3.05, 3.63) is 77.9 Å². The summed E-state index contributed by atoms with van der Waals surface area (Å²) in [6.45, 7) is 2.13. The van der Waals surface area contributed by atoms with E-state index in [0.717, 1.165) is 27.4 Å². The molecule has 0 unspecified atom stereocenters. The van der Waals surface area contributed by atoms with E-state index in [1.807, 2.05) is 54.8 Å². The number of hydrazine groups is 2. The quantitative estimate of drug-likeness (QED) is 0.338. The zero-order valence-corrected chi connectivity index (χ0v) is 16.4. The second-order valence-electron chi connectivity index (χ2n) is 6.41. The number of amides is 2. The van der Waals surface area contributed by atoms with E-state index in [0.29, 0.717) is 17.0 Å². The summed E-state index contributed by atoms with van der Waals surface area (Å²) in [4.78, 5) is 11.9. The molecule has 3 aromatic carbocycles. The highest BCUT2D eigenvalue weighted by Gasteiger charge is 2.18. The van der Waals surface area contributed by atoms with Gasteiger partial charge >= 0.3 is 6.03 Å². The van der Waals surface area contributed by atoms with Gasteiger partial charge in [-0.1, -0.05) is 48.5 Å². The number of carbonyl (C=O) groups excluding carboxylic acids is 1. The number of nitrogens with zero attached hydrogens (tertiary/aromatic N) is 1. The summed E-state index contributed by atoms with van der Waals surface area (Å²) in [7, 11) is 1.55. The third-order valence-corrected chi connectivity index (χ3v) is 4.60. The predicted octanol–water partition coefficient (Wildman–Crippen LogP) is 3.51. The van der Waals surface area contributed by atoms with Gasteiger partial charge in [0.25, 0.3) is 0 Å². The summed E-state index contributed by atoms with van der Waals surface area (Å²) in [5.41, 5.74) is 6.22. The van der Waals surface area contributed by atoms with Gasteiger partial charge in [0.2, 0.25) is 0 Å². The predicted molar refractivity (Wildman–Crippen MR) is 113 cm³/mol. The van der Waals surface area contributed by atoms with Crippen molar-refractivity contribution in [1.29, 1.82) is 0 Å². The Hall–Kier alpha value is -3.55. The number of hydrogen-bond donors (Lipinski definition) is 3. The fourth-order valence-electron chi connectivity index (χ4n) is 3.01. The number of ether oxygens (including phenoxy) is 2. The van der Waals surface area contributed by atoms with Crippen molar-refractivity contribution in [2.45, 2.75) is 13.5 Å². The van der Waals surface area contributed by atoms with E-state index < -0.39 is 6.03 Å². The lowest BCUT2D eigenvalue weighted by Crippen LogP contribution is -2.48. The molecule has 0 aliphatic carbocycles. The van der Waals surface area contributed by atoms with Crippen LogP contribution in [0, 0.1) is 6.92 Å². The monoisotopic (exact) mass is 392 g/mol. The molecular weight excluding hydrogens is 368 g/mol. The Morgan fingerprint density at radius 3 is 2.45 bits per heavy atom. The van der Waals surface area contributed by atoms with Crippen LogP contribution in [0.2, 0.25) is 0 Å². The van der Waals surface area contributed by atoms with E-state index in [2.05, 4.69) is 6.07 Å². The highest BCUT2D eigenvalue weighted by Crippen LogP contribution is 2.32. The van der Waals surface area contributed by atoms with Gasteiger partial charge in [0.05, 0.1) is 18.4 Å². The third-order valence-electron chi connectivity index (χ3n) is 4.60. The Balaban J connectivity index is 1.91. The minimum atomic E-state index is -0.651. The highest BCUT2D eigenvalue weighted by molar-refractivity contribution is 5.91. The Kier molecular flexibility index (Phi) is 6.33. The zero-order valence-electron chi connectivity index (χ0n) is 16.4. The summed E-state index contributed by atoms with van der Waals surface area (Å²) in [5.74, 6) is 12.4. The maximum atomic E-state index is 11.9. The Morgan fingerprint density at radius 1 is 1.00 bits per heavy atom. The minimum absolute atomic E-state index is 0.157. The number of hydrogen-bond acceptors (Lipinski definition) is 5. The van der Waals surface area contributed by atoms with Crippen molar-refractivity contribution in [1.82, 2.24) is 5.43 Å². The van der Waals surface area contributed by atoms with E-state index >= 15 is 0 Å². The van der Waals surface area contributed by atoms with E-state index in [1.54, 1.807) is 25.3 Å². The molecule has 0 aliphatic heterocycles. The van der Waals surface area contributed by atoms with Gasteiger partial charge in [-0.25, -0.2) is 21.5 Å². The highest BCUT2D eigenvalue weighted by atomic mass is 16.5. The average Bonchev–Trinajstić information content (AvgIpc) is 2.77. The number of aryl methyl sites for hydroxylation is 1. The number of rotatable bonds is 6. The maximum Gasteiger partial charge on any atom is 0.350 e. The number of urea groups is 1.